The van der Waals surface area contributed by atoms with Gasteiger partial charge in [0, 0.05) is 32.6 Å². The molecule has 0 aromatic heterocycles. The van der Waals surface area contributed by atoms with Crippen molar-refractivity contribution in [1.29, 1.82) is 0 Å². The molecule has 1 aromatic rings. The predicted molar refractivity (Wildman–Crippen MR) is 90.5 cm³/mol. The van der Waals surface area contributed by atoms with Crippen LogP contribution in [-0.4, -0.2) is 50.1 Å². The molecular weight excluding hydrogens is 298 g/mol. The molecule has 22 heavy (non-hydrogen) atoms. The van der Waals surface area contributed by atoms with Crippen molar-refractivity contribution in [1.82, 2.24) is 10.2 Å². The van der Waals surface area contributed by atoms with Crippen molar-refractivity contribution >= 4 is 23.2 Å². The van der Waals surface area contributed by atoms with E-state index in [9.17, 15) is 4.79 Å². The number of halogens is 1. The van der Waals surface area contributed by atoms with E-state index in [0.29, 0.717) is 18.2 Å². The molecule has 1 aromatic carbocycles. The fourth-order valence-electron chi connectivity index (χ4n) is 3.37. The second-order valence-electron chi connectivity index (χ2n) is 6.22. The summed E-state index contributed by atoms with van der Waals surface area (Å²) >= 11 is 6.26. The molecule has 2 fully saturated rings. The first-order valence-electron chi connectivity index (χ1n) is 8.22. The number of nitrogens with one attached hydrogen (secondary N) is 1. The molecule has 4 nitrogen and oxygen atoms in total. The van der Waals surface area contributed by atoms with Gasteiger partial charge < -0.3 is 15.1 Å². The largest absolute Gasteiger partial charge is 0.367 e. The number of carbonyl (C=O) groups excluding carboxylic acids is 1. The molecule has 5 heteroatoms. The van der Waals surface area contributed by atoms with Crippen LogP contribution >= 0.6 is 11.6 Å². The summed E-state index contributed by atoms with van der Waals surface area (Å²) < 4.78 is 0. The number of anilines is 1. The maximum atomic E-state index is 12.4. The number of para-hydroxylation sites is 1. The summed E-state index contributed by atoms with van der Waals surface area (Å²) in [6.07, 6.45) is 2.98. The molecule has 0 saturated carbocycles. The Morgan fingerprint density at radius 3 is 2.50 bits per heavy atom. The smallest absolute Gasteiger partial charge is 0.222 e. The molecule has 2 aliphatic heterocycles. The summed E-state index contributed by atoms with van der Waals surface area (Å²) in [5.41, 5.74) is 1.08. The number of carbonyl (C=O) groups is 1. The van der Waals surface area contributed by atoms with E-state index in [2.05, 4.69) is 16.3 Å². The third-order valence-electron chi connectivity index (χ3n) is 4.75. The monoisotopic (exact) mass is 321 g/mol. The lowest BCUT2D eigenvalue weighted by Crippen LogP contribution is -2.49. The van der Waals surface area contributed by atoms with Gasteiger partial charge in [0.25, 0.3) is 0 Å². The Hall–Kier alpha value is -1.26. The number of rotatable bonds is 3. The van der Waals surface area contributed by atoms with Crippen LogP contribution in [0.5, 0.6) is 0 Å². The van der Waals surface area contributed by atoms with E-state index in [1.54, 1.807) is 0 Å². The zero-order valence-corrected chi connectivity index (χ0v) is 13.7. The minimum Gasteiger partial charge on any atom is -0.367 e. The van der Waals surface area contributed by atoms with E-state index in [1.165, 1.54) is 0 Å². The number of piperidine rings is 1. The average molecular weight is 322 g/mol. The lowest BCUT2D eigenvalue weighted by Gasteiger charge is -2.37. The molecule has 0 atom stereocenters. The molecule has 0 unspecified atom stereocenters. The standard InChI is InChI=1S/C17H24ClN3O/c18-15-3-1-2-4-16(15)20-9-11-21(12-10-20)17(22)13-14-5-7-19-8-6-14/h1-4,14,19H,5-13H2. The van der Waals surface area contributed by atoms with Crippen LogP contribution in [0.2, 0.25) is 5.02 Å². The molecule has 2 aliphatic rings. The van der Waals surface area contributed by atoms with E-state index in [0.717, 1.165) is 62.8 Å². The van der Waals surface area contributed by atoms with E-state index in [4.69, 9.17) is 11.6 Å². The Balaban J connectivity index is 1.51. The second kappa shape index (κ2) is 7.34. The predicted octanol–water partition coefficient (Wildman–Crippen LogP) is 2.38. The van der Waals surface area contributed by atoms with Crippen LogP contribution in [0, 0.1) is 5.92 Å². The van der Waals surface area contributed by atoms with Gasteiger partial charge in [-0.1, -0.05) is 23.7 Å². The highest BCUT2D eigenvalue weighted by atomic mass is 35.5. The van der Waals surface area contributed by atoms with Crippen molar-refractivity contribution in [3.63, 3.8) is 0 Å². The van der Waals surface area contributed by atoms with Gasteiger partial charge in [-0.25, -0.2) is 0 Å². The lowest BCUT2D eigenvalue weighted by atomic mass is 9.94. The highest BCUT2D eigenvalue weighted by molar-refractivity contribution is 6.33. The van der Waals surface area contributed by atoms with Gasteiger partial charge in [-0.2, -0.15) is 0 Å². The number of nitrogens with zero attached hydrogens (tertiary/aromatic N) is 2. The minimum atomic E-state index is 0.325. The molecule has 0 bridgehead atoms. The number of benzene rings is 1. The van der Waals surface area contributed by atoms with Crippen LogP contribution in [0.15, 0.2) is 24.3 Å². The Morgan fingerprint density at radius 1 is 1.14 bits per heavy atom. The normalized spacial score (nSPS) is 20.2. The van der Waals surface area contributed by atoms with Gasteiger partial charge in [0.15, 0.2) is 0 Å². The topological polar surface area (TPSA) is 35.6 Å². The fraction of sp³-hybridized carbons (Fsp3) is 0.588. The fourth-order valence-corrected chi connectivity index (χ4v) is 3.62. The van der Waals surface area contributed by atoms with E-state index >= 15 is 0 Å². The van der Waals surface area contributed by atoms with Gasteiger partial charge >= 0.3 is 0 Å². The van der Waals surface area contributed by atoms with Crippen molar-refractivity contribution in [3.8, 4) is 0 Å². The Kier molecular flexibility index (Phi) is 5.21. The summed E-state index contributed by atoms with van der Waals surface area (Å²) in [7, 11) is 0. The van der Waals surface area contributed by atoms with Crippen LogP contribution < -0.4 is 10.2 Å². The highest BCUT2D eigenvalue weighted by Crippen LogP contribution is 2.26. The molecule has 1 N–H and O–H groups in total. The Bertz CT molecular complexity index is 508. The first-order valence-corrected chi connectivity index (χ1v) is 8.60. The van der Waals surface area contributed by atoms with Gasteiger partial charge in [-0.15, -0.1) is 0 Å². The summed E-state index contributed by atoms with van der Waals surface area (Å²) in [5, 5.41) is 4.14. The van der Waals surface area contributed by atoms with E-state index in [-0.39, 0.29) is 0 Å². The van der Waals surface area contributed by atoms with Gasteiger partial charge in [-0.05, 0) is 44.0 Å². The maximum absolute atomic E-state index is 12.4. The van der Waals surface area contributed by atoms with E-state index < -0.39 is 0 Å². The van der Waals surface area contributed by atoms with E-state index in [1.807, 2.05) is 23.1 Å². The van der Waals surface area contributed by atoms with Gasteiger partial charge in [0.1, 0.15) is 0 Å². The van der Waals surface area contributed by atoms with Crippen LogP contribution in [0.3, 0.4) is 0 Å². The Labute approximate surface area is 137 Å². The molecule has 2 saturated heterocycles. The molecule has 120 valence electrons. The van der Waals surface area contributed by atoms with Crippen LogP contribution in [-0.2, 0) is 4.79 Å². The van der Waals surface area contributed by atoms with Crippen molar-refractivity contribution in [2.24, 2.45) is 5.92 Å². The van der Waals surface area contributed by atoms with Crippen molar-refractivity contribution in [3.05, 3.63) is 29.3 Å². The third kappa shape index (κ3) is 3.73. The summed E-state index contributed by atoms with van der Waals surface area (Å²) in [4.78, 5) is 16.7. The molecule has 0 radical (unpaired) electrons. The van der Waals surface area contributed by atoms with Gasteiger partial charge in [-0.3, -0.25) is 4.79 Å². The van der Waals surface area contributed by atoms with Crippen LogP contribution in [0.1, 0.15) is 19.3 Å². The van der Waals surface area contributed by atoms with Crippen molar-refractivity contribution in [2.75, 3.05) is 44.2 Å². The Morgan fingerprint density at radius 2 is 1.82 bits per heavy atom. The molecule has 3 rings (SSSR count). The van der Waals surface area contributed by atoms with Crippen molar-refractivity contribution in [2.45, 2.75) is 19.3 Å². The average Bonchev–Trinajstić information content (AvgIpc) is 2.56. The first kappa shape index (κ1) is 15.6. The minimum absolute atomic E-state index is 0.325. The number of hydrogen-bond acceptors (Lipinski definition) is 3. The third-order valence-corrected chi connectivity index (χ3v) is 5.07. The summed E-state index contributed by atoms with van der Waals surface area (Å²) in [5.74, 6) is 0.890. The number of piperazine rings is 1. The SMILES string of the molecule is O=C(CC1CCNCC1)N1CCN(c2ccccc2Cl)CC1. The molecule has 0 spiro atoms. The van der Waals surface area contributed by atoms with Crippen LogP contribution in [0.4, 0.5) is 5.69 Å². The quantitative estimate of drug-likeness (QED) is 0.928. The van der Waals surface area contributed by atoms with Crippen molar-refractivity contribution < 1.29 is 4.79 Å². The van der Waals surface area contributed by atoms with Gasteiger partial charge in [0.2, 0.25) is 5.91 Å². The summed E-state index contributed by atoms with van der Waals surface area (Å²) in [6.45, 7) is 5.43. The molecule has 1 amide bonds. The maximum Gasteiger partial charge on any atom is 0.222 e. The lowest BCUT2D eigenvalue weighted by molar-refractivity contribution is -0.132. The number of hydrogen-bond donors (Lipinski definition) is 1. The van der Waals surface area contributed by atoms with Gasteiger partial charge in [0.05, 0.1) is 10.7 Å². The zero-order valence-electron chi connectivity index (χ0n) is 12.9. The summed E-state index contributed by atoms with van der Waals surface area (Å²) in [6, 6.07) is 7.93. The second-order valence-corrected chi connectivity index (χ2v) is 6.62. The molecule has 2 heterocycles. The highest BCUT2D eigenvalue weighted by Gasteiger charge is 2.25. The van der Waals surface area contributed by atoms with Crippen LogP contribution in [0.25, 0.3) is 0 Å². The molecule has 0 aliphatic carbocycles. The zero-order chi connectivity index (χ0) is 15.4. The molecular formula is C17H24ClN3O. The first-order chi connectivity index (χ1) is 10.7. The number of amides is 1.